The molecule has 1 saturated heterocycles. The van der Waals surface area contributed by atoms with Crippen LogP contribution in [0.1, 0.15) is 20.9 Å². The van der Waals surface area contributed by atoms with E-state index in [0.29, 0.717) is 43.6 Å². The lowest BCUT2D eigenvalue weighted by Crippen LogP contribution is -2.49. The Labute approximate surface area is 167 Å². The van der Waals surface area contributed by atoms with Crippen LogP contribution in [0.2, 0.25) is 0 Å². The van der Waals surface area contributed by atoms with Crippen molar-refractivity contribution in [1.29, 1.82) is 0 Å². The van der Waals surface area contributed by atoms with Gasteiger partial charge in [0, 0.05) is 38.1 Å². The second-order valence-electron chi connectivity index (χ2n) is 6.55. The fraction of sp³-hybridized carbons (Fsp3) is 0.200. The first-order chi connectivity index (χ1) is 14.1. The molecular formula is C20H20N6O3. The van der Waals surface area contributed by atoms with Crippen LogP contribution in [-0.4, -0.2) is 52.9 Å². The average Bonchev–Trinajstić information content (AvgIpc) is 3.29. The molecule has 1 aliphatic heterocycles. The lowest BCUT2D eigenvalue weighted by Gasteiger charge is -2.34. The largest absolute Gasteiger partial charge is 0.459 e. The smallest absolute Gasteiger partial charge is 0.289 e. The molecule has 0 atom stereocenters. The highest BCUT2D eigenvalue weighted by molar-refractivity contribution is 6.07. The molecule has 1 fully saturated rings. The first-order valence-electron chi connectivity index (χ1n) is 9.18. The number of piperazine rings is 1. The van der Waals surface area contributed by atoms with Crippen LogP contribution in [0.3, 0.4) is 0 Å². The number of hydrogen-bond acceptors (Lipinski definition) is 7. The Kier molecular flexibility index (Phi) is 5.10. The van der Waals surface area contributed by atoms with Crippen molar-refractivity contribution >= 4 is 29.3 Å². The summed E-state index contributed by atoms with van der Waals surface area (Å²) in [6.07, 6.45) is 2.91. The van der Waals surface area contributed by atoms with Gasteiger partial charge in [0.25, 0.3) is 11.8 Å². The number of aromatic nitrogens is 2. The van der Waals surface area contributed by atoms with E-state index < -0.39 is 0 Å². The van der Waals surface area contributed by atoms with Crippen LogP contribution in [0.5, 0.6) is 0 Å². The number of rotatable bonds is 4. The predicted molar refractivity (Wildman–Crippen MR) is 108 cm³/mol. The molecule has 0 radical (unpaired) electrons. The molecule has 4 rings (SSSR count). The normalized spacial score (nSPS) is 13.9. The lowest BCUT2D eigenvalue weighted by atomic mass is 10.2. The molecule has 3 aromatic rings. The molecule has 2 aromatic heterocycles. The van der Waals surface area contributed by atoms with Gasteiger partial charge < -0.3 is 25.3 Å². The van der Waals surface area contributed by atoms with Gasteiger partial charge in [-0.1, -0.05) is 18.2 Å². The maximum absolute atomic E-state index is 12.4. The van der Waals surface area contributed by atoms with Gasteiger partial charge in [-0.25, -0.2) is 4.98 Å². The number of nitrogens with zero attached hydrogens (tertiary/aromatic N) is 4. The van der Waals surface area contributed by atoms with Crippen LogP contribution in [0.4, 0.5) is 17.5 Å². The molecule has 3 heterocycles. The molecule has 0 bridgehead atoms. The summed E-state index contributed by atoms with van der Waals surface area (Å²) in [4.78, 5) is 37.0. The van der Waals surface area contributed by atoms with Gasteiger partial charge in [-0.2, -0.15) is 4.98 Å². The third-order valence-electron chi connectivity index (χ3n) is 4.66. The zero-order valence-corrected chi connectivity index (χ0v) is 15.6. The monoisotopic (exact) mass is 392 g/mol. The molecule has 1 aliphatic rings. The van der Waals surface area contributed by atoms with E-state index in [0.717, 1.165) is 0 Å². The maximum Gasteiger partial charge on any atom is 0.289 e. The molecule has 9 nitrogen and oxygen atoms in total. The van der Waals surface area contributed by atoms with Crippen molar-refractivity contribution in [2.24, 2.45) is 0 Å². The van der Waals surface area contributed by atoms with E-state index in [1.807, 2.05) is 23.1 Å². The van der Waals surface area contributed by atoms with E-state index in [9.17, 15) is 9.59 Å². The van der Waals surface area contributed by atoms with Crippen molar-refractivity contribution in [3.05, 3.63) is 66.2 Å². The summed E-state index contributed by atoms with van der Waals surface area (Å²) in [5.74, 6) is 0.367. The minimum absolute atomic E-state index is 0.109. The summed E-state index contributed by atoms with van der Waals surface area (Å²) in [6, 6.07) is 12.4. The van der Waals surface area contributed by atoms with E-state index in [1.54, 1.807) is 29.2 Å². The van der Waals surface area contributed by atoms with Crippen LogP contribution >= 0.6 is 0 Å². The third-order valence-corrected chi connectivity index (χ3v) is 4.66. The van der Waals surface area contributed by atoms with Crippen molar-refractivity contribution in [2.45, 2.75) is 0 Å². The molecule has 29 heavy (non-hydrogen) atoms. The van der Waals surface area contributed by atoms with Gasteiger partial charge in [0.15, 0.2) is 5.76 Å². The third kappa shape index (κ3) is 4.03. The molecule has 0 saturated carbocycles. The number of hydrogen-bond donors (Lipinski definition) is 2. The molecule has 0 spiro atoms. The Morgan fingerprint density at radius 3 is 2.45 bits per heavy atom. The van der Waals surface area contributed by atoms with Crippen LogP contribution < -0.4 is 16.0 Å². The Hall–Kier alpha value is -3.88. The van der Waals surface area contributed by atoms with Crippen LogP contribution in [0.25, 0.3) is 0 Å². The number of nitrogens with one attached hydrogen (secondary N) is 1. The molecule has 2 amide bonds. The number of carbonyl (C=O) groups excluding carboxylic acids is 2. The Balaban J connectivity index is 1.39. The van der Waals surface area contributed by atoms with Crippen molar-refractivity contribution in [2.75, 3.05) is 42.1 Å². The number of carbonyl (C=O) groups is 2. The van der Waals surface area contributed by atoms with Gasteiger partial charge in [0.05, 0.1) is 6.26 Å². The van der Waals surface area contributed by atoms with Crippen LogP contribution in [-0.2, 0) is 0 Å². The average molecular weight is 392 g/mol. The Morgan fingerprint density at radius 1 is 1.03 bits per heavy atom. The topological polar surface area (TPSA) is 118 Å². The van der Waals surface area contributed by atoms with E-state index in [4.69, 9.17) is 10.2 Å². The highest BCUT2D eigenvalue weighted by Crippen LogP contribution is 2.18. The molecule has 1 aromatic carbocycles. The van der Waals surface area contributed by atoms with E-state index in [-0.39, 0.29) is 23.2 Å². The number of para-hydroxylation sites is 1. The summed E-state index contributed by atoms with van der Waals surface area (Å²) >= 11 is 0. The van der Waals surface area contributed by atoms with Gasteiger partial charge in [-0.15, -0.1) is 0 Å². The number of amides is 2. The highest BCUT2D eigenvalue weighted by atomic mass is 16.3. The molecule has 9 heteroatoms. The fourth-order valence-electron chi connectivity index (χ4n) is 3.10. The molecule has 0 aliphatic carbocycles. The SMILES string of the molecule is Nc1nc(N2CCN(C(=O)c3ccco3)CC2)ncc1C(=O)Nc1ccccc1. The Morgan fingerprint density at radius 2 is 1.79 bits per heavy atom. The van der Waals surface area contributed by atoms with Gasteiger partial charge in [0.2, 0.25) is 5.95 Å². The number of anilines is 3. The van der Waals surface area contributed by atoms with Gasteiger partial charge in [-0.05, 0) is 24.3 Å². The van der Waals surface area contributed by atoms with Gasteiger partial charge >= 0.3 is 0 Å². The van der Waals surface area contributed by atoms with Crippen molar-refractivity contribution in [3.8, 4) is 0 Å². The molecule has 0 unspecified atom stereocenters. The number of nitrogens with two attached hydrogens (primary N) is 1. The minimum atomic E-state index is -0.367. The summed E-state index contributed by atoms with van der Waals surface area (Å²) in [6.45, 7) is 2.14. The first-order valence-corrected chi connectivity index (χ1v) is 9.18. The second-order valence-corrected chi connectivity index (χ2v) is 6.55. The number of nitrogen functional groups attached to an aromatic ring is 1. The summed E-state index contributed by atoms with van der Waals surface area (Å²) in [5.41, 5.74) is 6.88. The van der Waals surface area contributed by atoms with Gasteiger partial charge in [0.1, 0.15) is 11.4 Å². The Bertz CT molecular complexity index is 998. The first kappa shape index (κ1) is 18.5. The van der Waals surface area contributed by atoms with Crippen molar-refractivity contribution in [1.82, 2.24) is 14.9 Å². The standard InChI is InChI=1S/C20H20N6O3/c21-17-15(18(27)23-14-5-2-1-3-6-14)13-22-20(24-17)26-10-8-25(9-11-26)19(28)16-7-4-12-29-16/h1-7,12-13H,8-11H2,(H,23,27)(H2,21,22,24). The fourth-order valence-corrected chi connectivity index (χ4v) is 3.10. The zero-order chi connectivity index (χ0) is 20.2. The zero-order valence-electron chi connectivity index (χ0n) is 15.6. The summed E-state index contributed by atoms with van der Waals surface area (Å²) in [5, 5.41) is 2.76. The maximum atomic E-state index is 12.4. The molecule has 3 N–H and O–H groups in total. The van der Waals surface area contributed by atoms with E-state index in [2.05, 4.69) is 15.3 Å². The predicted octanol–water partition coefficient (Wildman–Crippen LogP) is 1.87. The van der Waals surface area contributed by atoms with Crippen LogP contribution in [0, 0.1) is 0 Å². The molecular weight excluding hydrogens is 372 g/mol. The highest BCUT2D eigenvalue weighted by Gasteiger charge is 2.25. The number of benzene rings is 1. The molecule has 148 valence electrons. The van der Waals surface area contributed by atoms with Crippen molar-refractivity contribution < 1.29 is 14.0 Å². The summed E-state index contributed by atoms with van der Waals surface area (Å²) in [7, 11) is 0. The minimum Gasteiger partial charge on any atom is -0.459 e. The summed E-state index contributed by atoms with van der Waals surface area (Å²) < 4.78 is 5.17. The van der Waals surface area contributed by atoms with E-state index in [1.165, 1.54) is 12.5 Å². The van der Waals surface area contributed by atoms with Crippen molar-refractivity contribution in [3.63, 3.8) is 0 Å². The second kappa shape index (κ2) is 8.01. The van der Waals surface area contributed by atoms with E-state index >= 15 is 0 Å². The van der Waals surface area contributed by atoms with Gasteiger partial charge in [-0.3, -0.25) is 9.59 Å². The quantitative estimate of drug-likeness (QED) is 0.696. The lowest BCUT2D eigenvalue weighted by molar-refractivity contribution is 0.0714. The number of furan rings is 1. The van der Waals surface area contributed by atoms with Crippen LogP contribution in [0.15, 0.2) is 59.3 Å².